The van der Waals surface area contributed by atoms with Crippen LogP contribution in [0.3, 0.4) is 0 Å². The highest BCUT2D eigenvalue weighted by molar-refractivity contribution is 9.10. The van der Waals surface area contributed by atoms with Gasteiger partial charge in [-0.25, -0.2) is 0 Å². The van der Waals surface area contributed by atoms with Crippen LogP contribution in [0.2, 0.25) is 0 Å². The molecule has 0 radical (unpaired) electrons. The summed E-state index contributed by atoms with van der Waals surface area (Å²) in [6, 6.07) is 8.27. The fourth-order valence-electron chi connectivity index (χ4n) is 1.59. The lowest BCUT2D eigenvalue weighted by molar-refractivity contribution is -0.137. The Kier molecular flexibility index (Phi) is 4.92. The molecule has 0 aliphatic heterocycles. The Hall–Kier alpha value is -2.51. The van der Waals surface area contributed by atoms with E-state index >= 15 is 0 Å². The van der Waals surface area contributed by atoms with E-state index in [-0.39, 0.29) is 17.0 Å². The molecule has 0 aromatic heterocycles. The summed E-state index contributed by atoms with van der Waals surface area (Å²) in [5.41, 5.74) is -1.10. The minimum atomic E-state index is -4.50. The van der Waals surface area contributed by atoms with E-state index in [2.05, 4.69) is 31.1 Å². The van der Waals surface area contributed by atoms with Gasteiger partial charge in [-0.1, -0.05) is 22.0 Å². The smallest absolute Gasteiger partial charge is 0.416 e. The molecule has 0 fully saturated rings. The maximum absolute atomic E-state index is 12.5. The number of alkyl halides is 3. The first-order valence-electron chi connectivity index (χ1n) is 6.09. The molecule has 0 aliphatic rings. The van der Waals surface area contributed by atoms with E-state index in [1.54, 1.807) is 0 Å². The molecule has 0 bridgehead atoms. The first-order valence-corrected chi connectivity index (χ1v) is 6.88. The third-order valence-corrected chi connectivity index (χ3v) is 3.15. The molecular formula is C14H8BrF3N3O2+. The van der Waals surface area contributed by atoms with Crippen LogP contribution in [0.15, 0.2) is 57.2 Å². The van der Waals surface area contributed by atoms with E-state index < -0.39 is 17.6 Å². The highest BCUT2D eigenvalue weighted by Gasteiger charge is 2.30. The normalized spacial score (nSPS) is 10.8. The van der Waals surface area contributed by atoms with E-state index in [9.17, 15) is 23.1 Å². The minimum absolute atomic E-state index is 0.102. The van der Waals surface area contributed by atoms with Crippen molar-refractivity contribution < 1.29 is 23.1 Å². The summed E-state index contributed by atoms with van der Waals surface area (Å²) in [5.74, 6) is -1.17. The SMILES string of the molecule is O=C(N=[N+]=Nc1cccc(C(F)(F)F)c1)c1cc(Br)ccc1O. The predicted octanol–water partition coefficient (Wildman–Crippen LogP) is 4.62. The molecule has 2 rings (SSSR count). The van der Waals surface area contributed by atoms with Crippen LogP contribution in [0.1, 0.15) is 15.9 Å². The number of benzene rings is 2. The molecule has 0 saturated carbocycles. The molecule has 5 nitrogen and oxygen atoms in total. The zero-order chi connectivity index (χ0) is 17.0. The number of carbonyl (C=O) groups is 1. The van der Waals surface area contributed by atoms with Crippen molar-refractivity contribution in [3.05, 3.63) is 58.1 Å². The Balaban J connectivity index is 2.24. The van der Waals surface area contributed by atoms with E-state index in [1.165, 1.54) is 30.3 Å². The summed E-state index contributed by atoms with van der Waals surface area (Å²) in [5, 5.41) is 16.2. The molecule has 0 saturated heterocycles. The highest BCUT2D eigenvalue weighted by Crippen LogP contribution is 2.31. The van der Waals surface area contributed by atoms with Crippen LogP contribution in [0, 0.1) is 0 Å². The number of halogens is 4. The number of phenolic OH excluding ortho intramolecular Hbond substituents is 1. The monoisotopic (exact) mass is 386 g/mol. The number of hydrogen-bond donors (Lipinski definition) is 1. The molecule has 2 aromatic rings. The summed E-state index contributed by atoms with van der Waals surface area (Å²) in [6.45, 7) is 0. The zero-order valence-electron chi connectivity index (χ0n) is 11.3. The van der Waals surface area contributed by atoms with Gasteiger partial charge >= 0.3 is 12.1 Å². The number of hydrogen-bond acceptors (Lipinski definition) is 3. The molecule has 0 spiro atoms. The first-order chi connectivity index (χ1) is 10.8. The Morgan fingerprint density at radius 2 is 1.91 bits per heavy atom. The van der Waals surface area contributed by atoms with Crippen LogP contribution in [0.5, 0.6) is 5.75 Å². The van der Waals surface area contributed by atoms with Crippen molar-refractivity contribution in [1.29, 1.82) is 0 Å². The molecule has 0 aliphatic carbocycles. The number of rotatable bonds is 2. The minimum Gasteiger partial charge on any atom is -0.507 e. The predicted molar refractivity (Wildman–Crippen MR) is 78.2 cm³/mol. The molecule has 0 atom stereocenters. The van der Waals surface area contributed by atoms with Crippen LogP contribution in [-0.2, 0) is 6.18 Å². The lowest BCUT2D eigenvalue weighted by Crippen LogP contribution is -2.03. The second-order valence-corrected chi connectivity index (χ2v) is 5.22. The molecule has 23 heavy (non-hydrogen) atoms. The van der Waals surface area contributed by atoms with E-state index in [4.69, 9.17) is 0 Å². The van der Waals surface area contributed by atoms with Gasteiger partial charge in [-0.15, -0.1) is 0 Å². The molecule has 118 valence electrons. The van der Waals surface area contributed by atoms with Gasteiger partial charge in [0.1, 0.15) is 5.75 Å². The van der Waals surface area contributed by atoms with Crippen LogP contribution in [0.4, 0.5) is 18.9 Å². The van der Waals surface area contributed by atoms with Gasteiger partial charge in [-0.05, 0) is 36.4 Å². The number of carbonyl (C=O) groups excluding carboxylic acids is 1. The van der Waals surface area contributed by atoms with Crippen LogP contribution in [0.25, 0.3) is 0 Å². The number of nitrogens with zero attached hydrogens (tertiary/aromatic N) is 3. The molecular weight excluding hydrogens is 379 g/mol. The Labute approximate surface area is 136 Å². The summed E-state index contributed by atoms with van der Waals surface area (Å²) in [6.07, 6.45) is -4.50. The molecule has 2 aromatic carbocycles. The molecule has 1 N–H and O–H groups in total. The quantitative estimate of drug-likeness (QED) is 0.603. The van der Waals surface area contributed by atoms with Gasteiger partial charge in [0.2, 0.25) is 10.0 Å². The van der Waals surface area contributed by atoms with Gasteiger partial charge in [-0.2, -0.15) is 13.2 Å². The summed E-state index contributed by atoms with van der Waals surface area (Å²) >= 11 is 3.13. The average molecular weight is 387 g/mol. The van der Waals surface area contributed by atoms with Crippen LogP contribution < -0.4 is 4.91 Å². The maximum Gasteiger partial charge on any atom is 0.416 e. The van der Waals surface area contributed by atoms with Gasteiger partial charge in [0.25, 0.3) is 0 Å². The topological polar surface area (TPSA) is 76.1 Å². The third kappa shape index (κ3) is 4.48. The van der Waals surface area contributed by atoms with Gasteiger partial charge in [0.05, 0.1) is 11.1 Å². The van der Waals surface area contributed by atoms with Crippen molar-refractivity contribution in [2.24, 2.45) is 10.2 Å². The van der Waals surface area contributed by atoms with Gasteiger partial charge in [-0.3, -0.25) is 4.79 Å². The van der Waals surface area contributed by atoms with Crippen LogP contribution in [-0.4, -0.2) is 11.0 Å². The maximum atomic E-state index is 12.5. The van der Waals surface area contributed by atoms with Gasteiger partial charge in [0, 0.05) is 4.47 Å². The van der Waals surface area contributed by atoms with Crippen molar-refractivity contribution >= 4 is 27.5 Å². The van der Waals surface area contributed by atoms with Crippen molar-refractivity contribution in [2.75, 3.05) is 0 Å². The second kappa shape index (κ2) is 6.72. The Bertz CT molecular complexity index is 815. The van der Waals surface area contributed by atoms with E-state index in [1.807, 2.05) is 0 Å². The third-order valence-electron chi connectivity index (χ3n) is 2.66. The second-order valence-electron chi connectivity index (χ2n) is 4.30. The zero-order valence-corrected chi connectivity index (χ0v) is 12.8. The average Bonchev–Trinajstić information content (AvgIpc) is 2.49. The lowest BCUT2D eigenvalue weighted by atomic mass is 10.2. The highest BCUT2D eigenvalue weighted by atomic mass is 79.9. The molecule has 0 unspecified atom stereocenters. The fourth-order valence-corrected chi connectivity index (χ4v) is 1.95. The van der Waals surface area contributed by atoms with Crippen LogP contribution >= 0.6 is 15.9 Å². The van der Waals surface area contributed by atoms with Gasteiger partial charge in [0.15, 0.2) is 10.8 Å². The van der Waals surface area contributed by atoms with E-state index in [0.717, 1.165) is 12.1 Å². The number of aromatic hydroxyl groups is 1. The standard InChI is InChI=1S/C14H7BrF3N3O2/c15-9-4-5-12(22)11(7-9)13(23)20-21-19-10-3-1-2-8(6-10)14(16,17)18/h1-7H/p+1. The summed E-state index contributed by atoms with van der Waals surface area (Å²) < 4.78 is 38.2. The summed E-state index contributed by atoms with van der Waals surface area (Å²) in [4.78, 5) is 15.0. The Morgan fingerprint density at radius 1 is 1.17 bits per heavy atom. The lowest BCUT2D eigenvalue weighted by Gasteiger charge is -2.04. The number of phenols is 1. The summed E-state index contributed by atoms with van der Waals surface area (Å²) in [7, 11) is 0. The number of amides is 1. The Morgan fingerprint density at radius 3 is 2.61 bits per heavy atom. The first kappa shape index (κ1) is 16.9. The van der Waals surface area contributed by atoms with Crippen molar-refractivity contribution in [2.45, 2.75) is 6.18 Å². The van der Waals surface area contributed by atoms with Gasteiger partial charge < -0.3 is 5.11 Å². The molecule has 1 amide bonds. The van der Waals surface area contributed by atoms with Crippen molar-refractivity contribution in [3.8, 4) is 5.75 Å². The van der Waals surface area contributed by atoms with Crippen molar-refractivity contribution in [3.63, 3.8) is 0 Å². The largest absolute Gasteiger partial charge is 0.507 e. The van der Waals surface area contributed by atoms with E-state index in [0.29, 0.717) is 4.47 Å². The molecule has 9 heteroatoms. The van der Waals surface area contributed by atoms with Crippen molar-refractivity contribution in [1.82, 2.24) is 4.91 Å². The fraction of sp³-hybridized carbons (Fsp3) is 0.0714. The molecule has 0 heterocycles.